The molecule has 0 aromatic carbocycles. The van der Waals surface area contributed by atoms with Crippen LogP contribution in [0.3, 0.4) is 0 Å². The van der Waals surface area contributed by atoms with Crippen LogP contribution in [0.1, 0.15) is 19.3 Å². The lowest BCUT2D eigenvalue weighted by molar-refractivity contribution is -0.171. The maximum Gasteiger partial charge on any atom is 0.260 e. The van der Waals surface area contributed by atoms with Gasteiger partial charge in [-0.3, -0.25) is 10.0 Å². The van der Waals surface area contributed by atoms with Crippen LogP contribution in [0.15, 0.2) is 12.2 Å². The number of nitrogens with zero attached hydrogens (tertiary/aromatic N) is 1. The first kappa shape index (κ1) is 16.4. The van der Waals surface area contributed by atoms with Gasteiger partial charge in [0.2, 0.25) is 0 Å². The molecule has 0 radical (unpaired) electrons. The number of carbonyl (C=O) groups is 1. The second-order valence-electron chi connectivity index (χ2n) is 5.21. The maximum absolute atomic E-state index is 11.7. The zero-order chi connectivity index (χ0) is 14.5. The molecule has 1 amide bonds. The highest BCUT2D eigenvalue weighted by molar-refractivity contribution is 7.62. The van der Waals surface area contributed by atoms with E-state index in [2.05, 4.69) is 5.32 Å². The lowest BCUT2D eigenvalue weighted by Crippen LogP contribution is -2.43. The second kappa shape index (κ2) is 7.20. The monoisotopic (exact) mass is 290 g/mol. The summed E-state index contributed by atoms with van der Waals surface area (Å²) >= 11 is 0. The summed E-state index contributed by atoms with van der Waals surface area (Å²) < 4.78 is 11.5. The number of amides is 1. The summed E-state index contributed by atoms with van der Waals surface area (Å²) in [5.74, 6) is -1.42. The minimum absolute atomic E-state index is 0.0738. The van der Waals surface area contributed by atoms with Crippen molar-refractivity contribution >= 4 is 13.0 Å². The van der Waals surface area contributed by atoms with Crippen molar-refractivity contribution in [2.24, 2.45) is 0 Å². The number of carbonyl (C=O) groups excluding carboxylic acids is 1. The van der Waals surface area contributed by atoms with Crippen molar-refractivity contribution in [1.29, 1.82) is 0 Å². The lowest BCUT2D eigenvalue weighted by atomic mass is 10.0. The number of hydroxylamine groups is 2. The van der Waals surface area contributed by atoms with E-state index >= 15 is 0 Å². The highest BCUT2D eigenvalue weighted by Gasteiger charge is 2.23. The van der Waals surface area contributed by atoms with Crippen molar-refractivity contribution in [2.45, 2.75) is 31.1 Å². The molecular formula is C12H23N2O4P. The molecule has 0 fully saturated rings. The largest absolute Gasteiger partial charge is 0.384 e. The summed E-state index contributed by atoms with van der Waals surface area (Å²) in [5, 5.41) is 22.7. The van der Waals surface area contributed by atoms with E-state index in [-0.39, 0.29) is 19.1 Å². The molecule has 0 aliphatic heterocycles. The third-order valence-corrected chi connectivity index (χ3v) is 4.74. The molecule has 7 heteroatoms. The topological polar surface area (TPSA) is 89.9 Å². The van der Waals surface area contributed by atoms with E-state index < -0.39 is 18.9 Å². The summed E-state index contributed by atoms with van der Waals surface area (Å²) in [6, 6.07) is -0.267. The summed E-state index contributed by atoms with van der Waals surface area (Å²) in [5.41, 5.74) is 0. The Hall–Kier alpha value is -0.680. The Morgan fingerprint density at radius 2 is 2.26 bits per heavy atom. The number of hydrogen-bond acceptors (Lipinski definition) is 5. The molecule has 0 bridgehead atoms. The Bertz CT molecular complexity index is 380. The van der Waals surface area contributed by atoms with Crippen molar-refractivity contribution in [3.05, 3.63) is 12.2 Å². The smallest absolute Gasteiger partial charge is 0.260 e. The number of allylic oxidation sites excluding steroid dienone is 1. The average Bonchev–Trinajstić information content (AvgIpc) is 2.37. The van der Waals surface area contributed by atoms with Crippen molar-refractivity contribution in [1.82, 2.24) is 10.4 Å². The maximum atomic E-state index is 11.7. The fourth-order valence-electron chi connectivity index (χ4n) is 1.79. The van der Waals surface area contributed by atoms with E-state index in [0.29, 0.717) is 0 Å². The van der Waals surface area contributed by atoms with Crippen LogP contribution in [-0.2, 0) is 9.36 Å². The first-order chi connectivity index (χ1) is 8.82. The second-order valence-corrected chi connectivity index (χ2v) is 8.67. The number of hydrogen-bond donors (Lipinski definition) is 3. The van der Waals surface area contributed by atoms with Gasteiger partial charge in [-0.1, -0.05) is 12.2 Å². The van der Waals surface area contributed by atoms with Gasteiger partial charge in [-0.2, -0.15) is 0 Å². The standard InChI is InChI=1S/C12H23N2O4P/c1-19(2,18)12(16)9-13-8-11(15)14(17)10-6-4-3-5-7-10/h4,6,10,12-13,16-17H,3,5,7-9H2,1-2H3. The Morgan fingerprint density at radius 1 is 1.58 bits per heavy atom. The summed E-state index contributed by atoms with van der Waals surface area (Å²) in [7, 11) is -2.57. The van der Waals surface area contributed by atoms with Gasteiger partial charge in [-0.05, 0) is 32.6 Å². The van der Waals surface area contributed by atoms with Crippen LogP contribution in [0.25, 0.3) is 0 Å². The first-order valence-corrected chi connectivity index (χ1v) is 9.10. The molecule has 6 nitrogen and oxygen atoms in total. The van der Waals surface area contributed by atoms with E-state index in [1.807, 2.05) is 12.2 Å². The summed E-state index contributed by atoms with van der Waals surface area (Å²) in [6.45, 7) is 2.97. The molecule has 0 saturated carbocycles. The Kier molecular flexibility index (Phi) is 6.20. The van der Waals surface area contributed by atoms with Gasteiger partial charge < -0.3 is 15.0 Å². The van der Waals surface area contributed by atoms with Gasteiger partial charge in [0.05, 0.1) is 12.6 Å². The molecule has 1 aliphatic rings. The quantitative estimate of drug-likeness (QED) is 0.292. The predicted octanol–water partition coefficient (Wildman–Crippen LogP) is 0.844. The van der Waals surface area contributed by atoms with Gasteiger partial charge in [0.1, 0.15) is 13.0 Å². The van der Waals surface area contributed by atoms with E-state index in [4.69, 9.17) is 0 Å². The summed E-state index contributed by atoms with van der Waals surface area (Å²) in [4.78, 5) is 11.7. The van der Waals surface area contributed by atoms with Crippen molar-refractivity contribution in [2.75, 3.05) is 26.4 Å². The fraction of sp³-hybridized carbons (Fsp3) is 0.750. The molecule has 2 atom stereocenters. The van der Waals surface area contributed by atoms with Crippen LogP contribution >= 0.6 is 7.14 Å². The predicted molar refractivity (Wildman–Crippen MR) is 73.7 cm³/mol. The number of nitrogens with one attached hydrogen (secondary N) is 1. The van der Waals surface area contributed by atoms with E-state index in [9.17, 15) is 19.7 Å². The van der Waals surface area contributed by atoms with Crippen molar-refractivity contribution < 1.29 is 19.7 Å². The van der Waals surface area contributed by atoms with Crippen LogP contribution in [0, 0.1) is 0 Å². The Labute approximate surface area is 113 Å². The molecule has 1 aliphatic carbocycles. The zero-order valence-electron chi connectivity index (χ0n) is 11.5. The fourth-order valence-corrected chi connectivity index (χ4v) is 2.36. The van der Waals surface area contributed by atoms with E-state index in [1.54, 1.807) is 0 Å². The number of rotatable bonds is 6. The molecule has 0 saturated heterocycles. The van der Waals surface area contributed by atoms with Crippen molar-refractivity contribution in [3.8, 4) is 0 Å². The Balaban J connectivity index is 2.33. The number of aliphatic hydroxyl groups is 1. The van der Waals surface area contributed by atoms with E-state index in [1.165, 1.54) is 13.3 Å². The molecule has 0 heterocycles. The molecule has 0 spiro atoms. The average molecular weight is 290 g/mol. The molecular weight excluding hydrogens is 267 g/mol. The minimum Gasteiger partial charge on any atom is -0.384 e. The minimum atomic E-state index is -2.57. The van der Waals surface area contributed by atoms with Gasteiger partial charge in [0, 0.05) is 6.54 Å². The Morgan fingerprint density at radius 3 is 2.79 bits per heavy atom. The third kappa shape index (κ3) is 5.45. The van der Waals surface area contributed by atoms with Crippen LogP contribution in [-0.4, -0.2) is 59.6 Å². The number of aliphatic hydroxyl groups excluding tert-OH is 1. The van der Waals surface area contributed by atoms with Gasteiger partial charge in [0.15, 0.2) is 0 Å². The normalized spacial score (nSPS) is 21.2. The summed E-state index contributed by atoms with van der Waals surface area (Å²) in [6.07, 6.45) is 6.45. The van der Waals surface area contributed by atoms with Crippen LogP contribution in [0.5, 0.6) is 0 Å². The van der Waals surface area contributed by atoms with Gasteiger partial charge in [-0.15, -0.1) is 0 Å². The van der Waals surface area contributed by atoms with Gasteiger partial charge >= 0.3 is 0 Å². The van der Waals surface area contributed by atoms with Crippen LogP contribution < -0.4 is 5.32 Å². The molecule has 2 unspecified atom stereocenters. The van der Waals surface area contributed by atoms with Gasteiger partial charge in [-0.25, -0.2) is 5.06 Å². The highest BCUT2D eigenvalue weighted by Crippen LogP contribution is 2.40. The lowest BCUT2D eigenvalue weighted by Gasteiger charge is -2.25. The zero-order valence-corrected chi connectivity index (χ0v) is 12.3. The molecule has 0 aromatic rings. The van der Waals surface area contributed by atoms with Crippen LogP contribution in [0.2, 0.25) is 0 Å². The van der Waals surface area contributed by atoms with Crippen molar-refractivity contribution in [3.63, 3.8) is 0 Å². The first-order valence-electron chi connectivity index (χ1n) is 6.43. The molecule has 3 N–H and O–H groups in total. The molecule has 1 rings (SSSR count). The highest BCUT2D eigenvalue weighted by atomic mass is 31.2. The SMILES string of the molecule is CP(C)(=O)C(O)CNCC(=O)N(O)C1C=CCCC1. The molecule has 0 aromatic heterocycles. The third-order valence-electron chi connectivity index (χ3n) is 3.12. The van der Waals surface area contributed by atoms with Gasteiger partial charge in [0.25, 0.3) is 5.91 Å². The van der Waals surface area contributed by atoms with Crippen LogP contribution in [0.4, 0.5) is 0 Å². The molecule has 110 valence electrons. The molecule has 19 heavy (non-hydrogen) atoms. The van der Waals surface area contributed by atoms with E-state index in [0.717, 1.165) is 24.3 Å².